The average Bonchev–Trinajstić information content (AvgIpc) is 3.48. The van der Waals surface area contributed by atoms with E-state index in [1.807, 2.05) is 53.2 Å². The minimum atomic E-state index is -0.422. The van der Waals surface area contributed by atoms with Gasteiger partial charge in [-0.05, 0) is 55.9 Å². The van der Waals surface area contributed by atoms with Crippen molar-refractivity contribution >= 4 is 11.8 Å². The Morgan fingerprint density at radius 1 is 1.00 bits per heavy atom. The molecule has 0 unspecified atom stereocenters. The van der Waals surface area contributed by atoms with E-state index < -0.39 is 5.41 Å². The average molecular weight is 502 g/mol. The smallest absolute Gasteiger partial charge is 0.253 e. The number of para-hydroxylation sites is 1. The van der Waals surface area contributed by atoms with E-state index >= 15 is 0 Å². The summed E-state index contributed by atoms with van der Waals surface area (Å²) in [5, 5.41) is 6.75. The van der Waals surface area contributed by atoms with Gasteiger partial charge in [0.05, 0.1) is 12.0 Å². The predicted molar refractivity (Wildman–Crippen MR) is 141 cm³/mol. The molecule has 0 bridgehead atoms. The number of aromatic amines is 1. The first kappa shape index (κ1) is 25.0. The lowest BCUT2D eigenvalue weighted by Gasteiger charge is -2.42. The third-order valence-corrected chi connectivity index (χ3v) is 7.86. The number of hydrogen-bond acceptors (Lipinski definition) is 5. The van der Waals surface area contributed by atoms with E-state index in [0.717, 1.165) is 43.4 Å². The standard InChI is InChI=1S/C29H35N5O3/c1-33-18-19-37-25-12-5-4-9-22(25)8-3-2-6-13-29(28(33)36)14-16-34(17-15-29)27(35)24-11-7-10-23(20-24)26-30-21-31-32-26/h4-5,7,9-12,20-21H,2-3,6,8,13-19H2,1H3,(H,30,31,32). The van der Waals surface area contributed by atoms with Gasteiger partial charge >= 0.3 is 0 Å². The molecule has 3 heterocycles. The van der Waals surface area contributed by atoms with E-state index in [1.165, 1.54) is 11.9 Å². The first-order chi connectivity index (χ1) is 18.1. The lowest BCUT2D eigenvalue weighted by molar-refractivity contribution is -0.144. The number of ether oxygens (including phenoxy) is 1. The molecule has 194 valence electrons. The lowest BCUT2D eigenvalue weighted by atomic mass is 9.73. The quantitative estimate of drug-likeness (QED) is 0.564. The number of aromatic nitrogens is 3. The summed E-state index contributed by atoms with van der Waals surface area (Å²) in [6, 6.07) is 15.7. The first-order valence-electron chi connectivity index (χ1n) is 13.3. The Balaban J connectivity index is 1.26. The van der Waals surface area contributed by atoms with E-state index in [4.69, 9.17) is 4.74 Å². The van der Waals surface area contributed by atoms with Gasteiger partial charge in [-0.3, -0.25) is 14.7 Å². The Labute approximate surface area is 218 Å². The Morgan fingerprint density at radius 2 is 1.84 bits per heavy atom. The fourth-order valence-corrected chi connectivity index (χ4v) is 5.64. The topological polar surface area (TPSA) is 91.4 Å². The molecule has 1 aromatic heterocycles. The molecule has 5 rings (SSSR count). The fourth-order valence-electron chi connectivity index (χ4n) is 5.64. The lowest BCUT2D eigenvalue weighted by Crippen LogP contribution is -2.51. The van der Waals surface area contributed by atoms with E-state index in [0.29, 0.717) is 50.5 Å². The molecular formula is C29H35N5O3. The number of likely N-dealkylation sites (tertiary alicyclic amines) is 1. The molecule has 2 aromatic carbocycles. The number of H-pyrrole nitrogens is 1. The van der Waals surface area contributed by atoms with Crippen LogP contribution in [-0.4, -0.2) is 70.1 Å². The Bertz CT molecular complexity index is 1220. The highest BCUT2D eigenvalue weighted by atomic mass is 16.5. The van der Waals surface area contributed by atoms with E-state index in [9.17, 15) is 9.59 Å². The van der Waals surface area contributed by atoms with Crippen LogP contribution in [0.2, 0.25) is 0 Å². The van der Waals surface area contributed by atoms with Crippen LogP contribution < -0.4 is 4.74 Å². The van der Waals surface area contributed by atoms with Crippen molar-refractivity contribution in [2.24, 2.45) is 5.41 Å². The molecule has 2 amide bonds. The van der Waals surface area contributed by atoms with Gasteiger partial charge in [-0.2, -0.15) is 5.10 Å². The number of rotatable bonds is 2. The van der Waals surface area contributed by atoms with Gasteiger partial charge in [0.15, 0.2) is 5.82 Å². The molecule has 0 radical (unpaired) electrons. The van der Waals surface area contributed by atoms with Crippen LogP contribution in [0.5, 0.6) is 5.75 Å². The highest BCUT2D eigenvalue weighted by Gasteiger charge is 2.43. The molecule has 0 atom stereocenters. The van der Waals surface area contributed by atoms with Gasteiger partial charge in [0.1, 0.15) is 18.7 Å². The van der Waals surface area contributed by atoms with Crippen LogP contribution in [0.1, 0.15) is 54.4 Å². The maximum absolute atomic E-state index is 13.7. The molecule has 1 fully saturated rings. The number of benzene rings is 2. The number of amides is 2. The van der Waals surface area contributed by atoms with Gasteiger partial charge in [0.25, 0.3) is 5.91 Å². The molecule has 0 aliphatic carbocycles. The predicted octanol–water partition coefficient (Wildman–Crippen LogP) is 4.35. The molecule has 2 aliphatic rings. The number of hydrogen-bond donors (Lipinski definition) is 1. The van der Waals surface area contributed by atoms with Crippen molar-refractivity contribution in [1.82, 2.24) is 25.0 Å². The summed E-state index contributed by atoms with van der Waals surface area (Å²) in [6.45, 7) is 2.17. The van der Waals surface area contributed by atoms with Crippen molar-refractivity contribution in [2.75, 3.05) is 33.3 Å². The van der Waals surface area contributed by atoms with Crippen molar-refractivity contribution < 1.29 is 14.3 Å². The van der Waals surface area contributed by atoms with Gasteiger partial charge in [0, 0.05) is 31.3 Å². The number of carbonyl (C=O) groups is 2. The van der Waals surface area contributed by atoms with Gasteiger partial charge in [-0.15, -0.1) is 0 Å². The van der Waals surface area contributed by atoms with Gasteiger partial charge in [0.2, 0.25) is 5.91 Å². The number of nitrogens with zero attached hydrogens (tertiary/aromatic N) is 4. The molecule has 1 N–H and O–H groups in total. The van der Waals surface area contributed by atoms with Crippen molar-refractivity contribution in [3.8, 4) is 17.1 Å². The monoisotopic (exact) mass is 501 g/mol. The Morgan fingerprint density at radius 3 is 2.65 bits per heavy atom. The van der Waals surface area contributed by atoms with E-state index in [-0.39, 0.29) is 11.8 Å². The summed E-state index contributed by atoms with van der Waals surface area (Å²) in [5.41, 5.74) is 2.27. The summed E-state index contributed by atoms with van der Waals surface area (Å²) in [7, 11) is 1.88. The van der Waals surface area contributed by atoms with E-state index in [1.54, 1.807) is 0 Å². The van der Waals surface area contributed by atoms with Gasteiger partial charge in [-0.1, -0.05) is 43.2 Å². The van der Waals surface area contributed by atoms with Gasteiger partial charge in [-0.25, -0.2) is 4.98 Å². The second-order valence-electron chi connectivity index (χ2n) is 10.2. The summed E-state index contributed by atoms with van der Waals surface area (Å²) in [5.74, 6) is 1.74. The van der Waals surface area contributed by atoms with Crippen LogP contribution >= 0.6 is 0 Å². The van der Waals surface area contributed by atoms with Crippen LogP contribution in [0, 0.1) is 5.41 Å². The van der Waals surface area contributed by atoms with E-state index in [2.05, 4.69) is 27.3 Å². The molecule has 8 heteroatoms. The SMILES string of the molecule is CN1CCOc2ccccc2CCCCCC2(CCN(C(=O)c3cccc(-c4ncn[nH]4)c3)CC2)C1=O. The maximum atomic E-state index is 13.7. The zero-order valence-electron chi connectivity index (χ0n) is 21.5. The number of nitrogens with one attached hydrogen (secondary N) is 1. The molecule has 37 heavy (non-hydrogen) atoms. The third kappa shape index (κ3) is 5.53. The minimum absolute atomic E-state index is 0.00664. The molecule has 0 saturated carbocycles. The highest BCUT2D eigenvalue weighted by molar-refractivity contribution is 5.95. The molecule has 1 saturated heterocycles. The van der Waals surface area contributed by atoms with Crippen LogP contribution in [-0.2, 0) is 11.2 Å². The number of piperidine rings is 1. The van der Waals surface area contributed by atoms with Crippen LogP contribution in [0.25, 0.3) is 11.4 Å². The number of likely N-dealkylation sites (N-methyl/N-ethyl adjacent to an activating group) is 1. The first-order valence-corrected chi connectivity index (χ1v) is 13.3. The number of aryl methyl sites for hydroxylation is 1. The summed E-state index contributed by atoms with van der Waals surface area (Å²) in [6.07, 6.45) is 7.84. The Kier molecular flexibility index (Phi) is 7.53. The molecule has 2 aliphatic heterocycles. The normalized spacial score (nSPS) is 18.8. The molecule has 3 aromatic rings. The molecule has 8 nitrogen and oxygen atoms in total. The number of carbonyl (C=O) groups excluding carboxylic acids is 2. The summed E-state index contributed by atoms with van der Waals surface area (Å²) >= 11 is 0. The Hall–Kier alpha value is -3.68. The van der Waals surface area contributed by atoms with Crippen LogP contribution in [0.15, 0.2) is 54.9 Å². The summed E-state index contributed by atoms with van der Waals surface area (Å²) in [4.78, 5) is 35.0. The van der Waals surface area contributed by atoms with Crippen LogP contribution in [0.4, 0.5) is 0 Å². The van der Waals surface area contributed by atoms with Crippen molar-refractivity contribution in [3.05, 3.63) is 66.0 Å². The largest absolute Gasteiger partial charge is 0.491 e. The number of fused-ring (bicyclic) bond motifs is 1. The van der Waals surface area contributed by atoms with Crippen molar-refractivity contribution in [3.63, 3.8) is 0 Å². The molecular weight excluding hydrogens is 466 g/mol. The second-order valence-corrected chi connectivity index (χ2v) is 10.2. The fraction of sp³-hybridized carbons (Fsp3) is 0.448. The van der Waals surface area contributed by atoms with Crippen LogP contribution in [0.3, 0.4) is 0 Å². The molecule has 1 spiro atoms. The highest BCUT2D eigenvalue weighted by Crippen LogP contribution is 2.39. The van der Waals surface area contributed by atoms with Crippen molar-refractivity contribution in [2.45, 2.75) is 44.9 Å². The third-order valence-electron chi connectivity index (χ3n) is 7.86. The zero-order chi connectivity index (χ0) is 25.7. The zero-order valence-corrected chi connectivity index (χ0v) is 21.5. The maximum Gasteiger partial charge on any atom is 0.253 e. The van der Waals surface area contributed by atoms with Gasteiger partial charge < -0.3 is 14.5 Å². The second kappa shape index (κ2) is 11.2. The minimum Gasteiger partial charge on any atom is -0.491 e. The summed E-state index contributed by atoms with van der Waals surface area (Å²) < 4.78 is 6.07. The van der Waals surface area contributed by atoms with Crippen molar-refractivity contribution in [1.29, 1.82) is 0 Å².